The maximum Gasteiger partial charge on any atom is 0.253 e. The summed E-state index contributed by atoms with van der Waals surface area (Å²) in [6.07, 6.45) is 3.41. The molecular weight excluding hydrogens is 452 g/mol. The monoisotopic (exact) mass is 486 g/mol. The highest BCUT2D eigenvalue weighted by Gasteiger charge is 2.28. The van der Waals surface area contributed by atoms with E-state index < -0.39 is 0 Å². The average Bonchev–Trinajstić information content (AvgIpc) is 3.20. The van der Waals surface area contributed by atoms with Gasteiger partial charge in [0.05, 0.1) is 30.0 Å². The SMILES string of the molecule is CCOc1ccc2c(C#N)c(-c3ccc(C(=O)N4CCN(CCOC)CC4)cc3)n(C3CCC3)c2c1. The van der Waals surface area contributed by atoms with Crippen molar-refractivity contribution in [2.45, 2.75) is 32.2 Å². The van der Waals surface area contributed by atoms with E-state index in [2.05, 4.69) is 21.6 Å². The van der Waals surface area contributed by atoms with Gasteiger partial charge in [0, 0.05) is 62.9 Å². The molecule has 0 radical (unpaired) electrons. The van der Waals surface area contributed by atoms with Crippen LogP contribution in [0.15, 0.2) is 42.5 Å². The molecular formula is C29H34N4O3. The van der Waals surface area contributed by atoms with Crippen molar-refractivity contribution in [3.63, 3.8) is 0 Å². The van der Waals surface area contributed by atoms with Crippen molar-refractivity contribution in [3.8, 4) is 23.1 Å². The van der Waals surface area contributed by atoms with Crippen LogP contribution in [0.5, 0.6) is 5.75 Å². The van der Waals surface area contributed by atoms with E-state index in [0.717, 1.165) is 73.5 Å². The number of aromatic nitrogens is 1. The van der Waals surface area contributed by atoms with Crippen LogP contribution < -0.4 is 4.74 Å². The lowest BCUT2D eigenvalue weighted by atomic mass is 9.92. The van der Waals surface area contributed by atoms with E-state index in [1.165, 1.54) is 6.42 Å². The number of rotatable bonds is 8. The average molecular weight is 487 g/mol. The maximum atomic E-state index is 13.2. The molecule has 1 amide bonds. The fourth-order valence-corrected chi connectivity index (χ4v) is 5.32. The van der Waals surface area contributed by atoms with Crippen molar-refractivity contribution in [1.82, 2.24) is 14.4 Å². The van der Waals surface area contributed by atoms with E-state index in [9.17, 15) is 10.1 Å². The smallest absolute Gasteiger partial charge is 0.253 e. The van der Waals surface area contributed by atoms with E-state index in [4.69, 9.17) is 9.47 Å². The third kappa shape index (κ3) is 4.59. The lowest BCUT2D eigenvalue weighted by Gasteiger charge is -2.34. The lowest BCUT2D eigenvalue weighted by molar-refractivity contribution is 0.0594. The molecule has 36 heavy (non-hydrogen) atoms. The number of methoxy groups -OCH3 is 1. The molecule has 1 aliphatic heterocycles. The molecule has 2 fully saturated rings. The molecule has 7 heteroatoms. The number of amides is 1. The summed E-state index contributed by atoms with van der Waals surface area (Å²) in [6, 6.07) is 16.7. The number of hydrogen-bond acceptors (Lipinski definition) is 5. The highest BCUT2D eigenvalue weighted by atomic mass is 16.5. The number of nitrogens with zero attached hydrogens (tertiary/aromatic N) is 4. The molecule has 7 nitrogen and oxygen atoms in total. The molecule has 2 heterocycles. The zero-order valence-electron chi connectivity index (χ0n) is 21.2. The Morgan fingerprint density at radius 1 is 1.08 bits per heavy atom. The van der Waals surface area contributed by atoms with Crippen LogP contribution in [0.2, 0.25) is 0 Å². The van der Waals surface area contributed by atoms with E-state index in [-0.39, 0.29) is 5.91 Å². The van der Waals surface area contributed by atoms with Crippen LogP contribution in [0.4, 0.5) is 0 Å². The number of carbonyl (C=O) groups excluding carboxylic acids is 1. The summed E-state index contributed by atoms with van der Waals surface area (Å²) >= 11 is 0. The number of hydrogen-bond donors (Lipinski definition) is 0. The van der Waals surface area contributed by atoms with Crippen LogP contribution in [0.1, 0.15) is 48.1 Å². The zero-order valence-corrected chi connectivity index (χ0v) is 21.2. The molecule has 188 valence electrons. The summed E-state index contributed by atoms with van der Waals surface area (Å²) in [5.41, 5.74) is 4.33. The molecule has 3 aromatic rings. The summed E-state index contributed by atoms with van der Waals surface area (Å²) in [5, 5.41) is 11.1. The van der Waals surface area contributed by atoms with Gasteiger partial charge in [-0.3, -0.25) is 9.69 Å². The third-order valence-corrected chi connectivity index (χ3v) is 7.51. The molecule has 0 spiro atoms. The van der Waals surface area contributed by atoms with Crippen LogP contribution in [0, 0.1) is 11.3 Å². The molecule has 1 aliphatic carbocycles. The molecule has 1 saturated heterocycles. The van der Waals surface area contributed by atoms with Crippen LogP contribution in [0.3, 0.4) is 0 Å². The number of piperazine rings is 1. The molecule has 5 rings (SSSR count). The summed E-state index contributed by atoms with van der Waals surface area (Å²) < 4.78 is 13.3. The van der Waals surface area contributed by atoms with E-state index in [1.54, 1.807) is 7.11 Å². The maximum absolute atomic E-state index is 13.2. The van der Waals surface area contributed by atoms with Gasteiger partial charge in [-0.05, 0) is 56.0 Å². The highest BCUT2D eigenvalue weighted by molar-refractivity contribution is 5.97. The van der Waals surface area contributed by atoms with Gasteiger partial charge in [0.1, 0.15) is 11.8 Å². The Balaban J connectivity index is 1.43. The van der Waals surface area contributed by atoms with Crippen molar-refractivity contribution in [3.05, 3.63) is 53.6 Å². The predicted octanol–water partition coefficient (Wildman–Crippen LogP) is 4.71. The second kappa shape index (κ2) is 10.7. The summed E-state index contributed by atoms with van der Waals surface area (Å²) in [4.78, 5) is 17.4. The van der Waals surface area contributed by atoms with Crippen molar-refractivity contribution in [2.24, 2.45) is 0 Å². The summed E-state index contributed by atoms with van der Waals surface area (Å²) in [6.45, 7) is 7.37. The first-order valence-electron chi connectivity index (χ1n) is 13.0. The first-order valence-corrected chi connectivity index (χ1v) is 13.0. The second-order valence-corrected chi connectivity index (χ2v) is 9.61. The molecule has 1 aromatic heterocycles. The minimum absolute atomic E-state index is 0.0642. The van der Waals surface area contributed by atoms with Crippen molar-refractivity contribution >= 4 is 16.8 Å². The topological polar surface area (TPSA) is 70.7 Å². The van der Waals surface area contributed by atoms with Gasteiger partial charge < -0.3 is 18.9 Å². The van der Waals surface area contributed by atoms with E-state index >= 15 is 0 Å². The Bertz CT molecular complexity index is 1260. The highest BCUT2D eigenvalue weighted by Crippen LogP contribution is 2.43. The Hall–Kier alpha value is -3.34. The first kappa shape index (κ1) is 24.4. The summed E-state index contributed by atoms with van der Waals surface area (Å²) in [7, 11) is 1.72. The van der Waals surface area contributed by atoms with E-state index in [1.807, 2.05) is 48.2 Å². The second-order valence-electron chi connectivity index (χ2n) is 9.61. The Kier molecular flexibility index (Phi) is 7.26. The van der Waals surface area contributed by atoms with Gasteiger partial charge in [0.25, 0.3) is 5.91 Å². The van der Waals surface area contributed by atoms with Gasteiger partial charge in [0.2, 0.25) is 0 Å². The molecule has 1 saturated carbocycles. The standard InChI is InChI=1S/C29H34N4O3/c1-3-36-24-11-12-25-26(20-30)28(33(27(25)19-24)23-5-4-6-23)21-7-9-22(10-8-21)29(34)32-15-13-31(14-16-32)17-18-35-2/h7-12,19,23H,3-6,13-18H2,1-2H3. The third-order valence-electron chi connectivity index (χ3n) is 7.51. The molecule has 2 aromatic carbocycles. The van der Waals surface area contributed by atoms with Gasteiger partial charge >= 0.3 is 0 Å². The van der Waals surface area contributed by atoms with Crippen molar-refractivity contribution < 1.29 is 14.3 Å². The Labute approximate surface area is 212 Å². The lowest BCUT2D eigenvalue weighted by Crippen LogP contribution is -2.49. The van der Waals surface area contributed by atoms with Gasteiger partial charge in [-0.15, -0.1) is 0 Å². The van der Waals surface area contributed by atoms with Gasteiger partial charge in [-0.25, -0.2) is 0 Å². The molecule has 0 N–H and O–H groups in total. The molecule has 0 atom stereocenters. The number of carbonyl (C=O) groups is 1. The van der Waals surface area contributed by atoms with Gasteiger partial charge in [-0.1, -0.05) is 12.1 Å². The number of fused-ring (bicyclic) bond motifs is 1. The minimum atomic E-state index is 0.0642. The number of ether oxygens (including phenoxy) is 2. The quantitative estimate of drug-likeness (QED) is 0.461. The first-order chi connectivity index (χ1) is 17.6. The van der Waals surface area contributed by atoms with Crippen molar-refractivity contribution in [2.75, 3.05) is 53.0 Å². The molecule has 0 bridgehead atoms. The van der Waals surface area contributed by atoms with E-state index in [0.29, 0.717) is 30.4 Å². The zero-order chi connectivity index (χ0) is 25.1. The fraction of sp³-hybridized carbons (Fsp3) is 0.448. The van der Waals surface area contributed by atoms with Gasteiger partial charge in [-0.2, -0.15) is 5.26 Å². The molecule has 2 aliphatic rings. The molecule has 0 unspecified atom stereocenters. The Morgan fingerprint density at radius 2 is 1.83 bits per heavy atom. The predicted molar refractivity (Wildman–Crippen MR) is 140 cm³/mol. The van der Waals surface area contributed by atoms with Crippen LogP contribution >= 0.6 is 0 Å². The largest absolute Gasteiger partial charge is 0.494 e. The van der Waals surface area contributed by atoms with Crippen LogP contribution in [-0.2, 0) is 4.74 Å². The Morgan fingerprint density at radius 3 is 2.44 bits per heavy atom. The number of nitriles is 1. The van der Waals surface area contributed by atoms with Crippen LogP contribution in [0.25, 0.3) is 22.2 Å². The van der Waals surface area contributed by atoms with Crippen LogP contribution in [-0.4, -0.2) is 73.3 Å². The fourth-order valence-electron chi connectivity index (χ4n) is 5.32. The van der Waals surface area contributed by atoms with Crippen molar-refractivity contribution in [1.29, 1.82) is 5.26 Å². The number of benzene rings is 2. The van der Waals surface area contributed by atoms with Gasteiger partial charge in [0.15, 0.2) is 0 Å². The normalized spacial score (nSPS) is 16.6. The minimum Gasteiger partial charge on any atom is -0.494 e. The summed E-state index contributed by atoms with van der Waals surface area (Å²) in [5.74, 6) is 0.886.